The van der Waals surface area contributed by atoms with Gasteiger partial charge in [0, 0.05) is 42.6 Å². The van der Waals surface area contributed by atoms with Gasteiger partial charge in [-0.15, -0.1) is 12.4 Å². The number of amides is 2. The van der Waals surface area contributed by atoms with E-state index in [9.17, 15) is 9.59 Å². The van der Waals surface area contributed by atoms with Crippen LogP contribution in [0.15, 0.2) is 12.1 Å². The Bertz CT molecular complexity index is 1280. The number of hydrogen-bond donors (Lipinski definition) is 3. The Hall–Kier alpha value is -2.71. The number of likely N-dealkylation sites (tertiary alicyclic amines) is 1. The van der Waals surface area contributed by atoms with Gasteiger partial charge in [-0.3, -0.25) is 14.5 Å². The SMILES string of the molecule is CCNC(=O)CC(C)N1CC[C@]23c4c5ccc(OC)c4O[C@H]2c2[nH]c(C(=O)NCC)c(C)c2C[C@@H]3[C@@H]1C5.Cl. The molecule has 206 valence electrons. The Balaban J connectivity index is 0.00000294. The van der Waals surface area contributed by atoms with Crippen LogP contribution in [-0.2, 0) is 23.1 Å². The molecule has 2 bridgehead atoms. The van der Waals surface area contributed by atoms with Gasteiger partial charge in [0.2, 0.25) is 5.91 Å². The molecular weight excluding hydrogens is 504 g/mol. The number of rotatable bonds is 7. The molecule has 2 amide bonds. The Morgan fingerprint density at radius 3 is 2.71 bits per heavy atom. The molecule has 2 aromatic rings. The lowest BCUT2D eigenvalue weighted by atomic mass is 9.51. The molecule has 0 saturated carbocycles. The van der Waals surface area contributed by atoms with E-state index in [1.54, 1.807) is 7.11 Å². The van der Waals surface area contributed by atoms with Gasteiger partial charge in [0.05, 0.1) is 12.8 Å². The highest BCUT2D eigenvalue weighted by Gasteiger charge is 2.66. The summed E-state index contributed by atoms with van der Waals surface area (Å²) in [6.07, 6.45) is 3.08. The summed E-state index contributed by atoms with van der Waals surface area (Å²) >= 11 is 0. The first-order valence-corrected chi connectivity index (χ1v) is 13.7. The monoisotopic (exact) mass is 542 g/mol. The Kier molecular flexibility index (Phi) is 6.93. The van der Waals surface area contributed by atoms with E-state index in [1.807, 2.05) is 19.9 Å². The molecular formula is C29H39ClN4O4. The zero-order chi connectivity index (χ0) is 26.1. The van der Waals surface area contributed by atoms with Crippen LogP contribution in [0.3, 0.4) is 0 Å². The van der Waals surface area contributed by atoms with Crippen molar-refractivity contribution in [3.05, 3.63) is 45.8 Å². The molecule has 1 unspecified atom stereocenters. The number of nitrogens with one attached hydrogen (secondary N) is 3. The molecule has 8 nitrogen and oxygen atoms in total. The summed E-state index contributed by atoms with van der Waals surface area (Å²) in [4.78, 5) is 31.5. The third kappa shape index (κ3) is 3.59. The standard InChI is InChI=1S/C29H38N4O4.ClH/c1-6-30-22(34)12-15(3)33-11-10-29-19-14-18-16(4)24(28(35)31-7-2)32-25(18)27(29)37-26-21(36-5)9-8-17(23(26)29)13-20(19)33;/h8-9,15,19-20,27,32H,6-7,10-14H2,1-5H3,(H,30,34)(H,31,35);1H/t15?,19-,20+,27+,29+;/m1./s1. The van der Waals surface area contributed by atoms with Gasteiger partial charge in [-0.2, -0.15) is 0 Å². The fraction of sp³-hybridized carbons (Fsp3) is 0.586. The third-order valence-electron chi connectivity index (χ3n) is 9.45. The second kappa shape index (κ2) is 9.79. The van der Waals surface area contributed by atoms with E-state index >= 15 is 0 Å². The summed E-state index contributed by atoms with van der Waals surface area (Å²) in [5.41, 5.74) is 6.39. The molecule has 0 radical (unpaired) electrons. The zero-order valence-electron chi connectivity index (χ0n) is 22.9. The van der Waals surface area contributed by atoms with Crippen molar-refractivity contribution in [2.45, 2.75) is 77.0 Å². The minimum atomic E-state index is -0.183. The Morgan fingerprint density at radius 2 is 2.00 bits per heavy atom. The van der Waals surface area contributed by atoms with Gasteiger partial charge in [0.15, 0.2) is 11.5 Å². The second-order valence-electron chi connectivity index (χ2n) is 11.1. The smallest absolute Gasteiger partial charge is 0.267 e. The van der Waals surface area contributed by atoms with Gasteiger partial charge < -0.3 is 25.1 Å². The molecule has 1 saturated heterocycles. The van der Waals surface area contributed by atoms with Crippen molar-refractivity contribution in [1.82, 2.24) is 20.5 Å². The number of piperidine rings is 1. The van der Waals surface area contributed by atoms with Crippen molar-refractivity contribution >= 4 is 24.2 Å². The Labute approximate surface area is 230 Å². The van der Waals surface area contributed by atoms with Crippen LogP contribution in [0.1, 0.15) is 78.2 Å². The summed E-state index contributed by atoms with van der Waals surface area (Å²) < 4.78 is 12.6. The third-order valence-corrected chi connectivity index (χ3v) is 9.45. The summed E-state index contributed by atoms with van der Waals surface area (Å²) in [6.45, 7) is 10.3. The molecule has 3 heterocycles. The first-order chi connectivity index (χ1) is 17.8. The van der Waals surface area contributed by atoms with Crippen LogP contribution in [-0.4, -0.2) is 60.5 Å². The van der Waals surface area contributed by atoms with Crippen LogP contribution in [0, 0.1) is 12.8 Å². The average Bonchev–Trinajstić information content (AvgIpc) is 3.38. The topological polar surface area (TPSA) is 95.7 Å². The number of H-pyrrole nitrogens is 1. The van der Waals surface area contributed by atoms with Crippen molar-refractivity contribution in [2.24, 2.45) is 5.92 Å². The van der Waals surface area contributed by atoms with E-state index in [0.29, 0.717) is 37.2 Å². The lowest BCUT2D eigenvalue weighted by Crippen LogP contribution is -2.64. The van der Waals surface area contributed by atoms with E-state index in [0.717, 1.165) is 48.6 Å². The summed E-state index contributed by atoms with van der Waals surface area (Å²) in [6, 6.07) is 4.68. The maximum Gasteiger partial charge on any atom is 0.267 e. The number of nitrogens with zero attached hydrogens (tertiary/aromatic N) is 1. The molecule has 5 atom stereocenters. The van der Waals surface area contributed by atoms with Crippen molar-refractivity contribution in [3.8, 4) is 11.5 Å². The average molecular weight is 543 g/mol. The maximum atomic E-state index is 12.9. The number of carbonyl (C=O) groups excluding carboxylic acids is 2. The largest absolute Gasteiger partial charge is 0.493 e. The van der Waals surface area contributed by atoms with Crippen LogP contribution in [0.2, 0.25) is 0 Å². The molecule has 6 rings (SSSR count). The maximum absolute atomic E-state index is 12.9. The fourth-order valence-electron chi connectivity index (χ4n) is 7.95. The number of hydrogen-bond acceptors (Lipinski definition) is 5. The van der Waals surface area contributed by atoms with Gasteiger partial charge in [-0.25, -0.2) is 0 Å². The molecule has 4 aliphatic rings. The quantitative estimate of drug-likeness (QED) is 0.497. The normalized spacial score (nSPS) is 26.8. The molecule has 1 aromatic heterocycles. The van der Waals surface area contributed by atoms with E-state index in [2.05, 4.69) is 40.4 Å². The number of aromatic nitrogens is 1. The van der Waals surface area contributed by atoms with Crippen LogP contribution < -0.4 is 20.1 Å². The van der Waals surface area contributed by atoms with Gasteiger partial charge in [0.25, 0.3) is 5.91 Å². The van der Waals surface area contributed by atoms with E-state index < -0.39 is 0 Å². The molecule has 1 fully saturated rings. The molecule has 9 heteroatoms. The van der Waals surface area contributed by atoms with Gasteiger partial charge in [-0.05, 0) is 82.2 Å². The first kappa shape index (κ1) is 26.9. The number of benzene rings is 1. The summed E-state index contributed by atoms with van der Waals surface area (Å²) in [5.74, 6) is 2.02. The highest BCUT2D eigenvalue weighted by atomic mass is 35.5. The van der Waals surface area contributed by atoms with Crippen LogP contribution in [0.5, 0.6) is 11.5 Å². The van der Waals surface area contributed by atoms with Gasteiger partial charge in [-0.1, -0.05) is 6.07 Å². The highest BCUT2D eigenvalue weighted by molar-refractivity contribution is 5.94. The first-order valence-electron chi connectivity index (χ1n) is 13.7. The van der Waals surface area contributed by atoms with Gasteiger partial charge >= 0.3 is 0 Å². The summed E-state index contributed by atoms with van der Waals surface area (Å²) in [7, 11) is 1.70. The minimum Gasteiger partial charge on any atom is -0.493 e. The van der Waals surface area contributed by atoms with Crippen molar-refractivity contribution in [2.75, 3.05) is 26.7 Å². The number of ether oxygens (including phenoxy) is 2. The fourth-order valence-corrected chi connectivity index (χ4v) is 7.95. The molecule has 1 aromatic carbocycles. The van der Waals surface area contributed by atoms with Crippen LogP contribution >= 0.6 is 12.4 Å². The number of halogens is 1. The van der Waals surface area contributed by atoms with Crippen LogP contribution in [0.25, 0.3) is 0 Å². The predicted molar refractivity (Wildman–Crippen MR) is 148 cm³/mol. The number of methoxy groups -OCH3 is 1. The molecule has 1 spiro atoms. The van der Waals surface area contributed by atoms with E-state index in [4.69, 9.17) is 9.47 Å². The molecule has 2 aliphatic heterocycles. The van der Waals surface area contributed by atoms with Crippen LogP contribution in [0.4, 0.5) is 0 Å². The molecule has 38 heavy (non-hydrogen) atoms. The second-order valence-corrected chi connectivity index (χ2v) is 11.1. The van der Waals surface area contributed by atoms with Crippen molar-refractivity contribution in [1.29, 1.82) is 0 Å². The predicted octanol–water partition coefficient (Wildman–Crippen LogP) is 3.59. The zero-order valence-corrected chi connectivity index (χ0v) is 23.7. The lowest BCUT2D eigenvalue weighted by molar-refractivity contribution is -0.123. The lowest BCUT2D eigenvalue weighted by Gasteiger charge is -2.59. The summed E-state index contributed by atoms with van der Waals surface area (Å²) in [5, 5.41) is 5.93. The molecule has 3 N–H and O–H groups in total. The highest BCUT2D eigenvalue weighted by Crippen LogP contribution is 2.67. The Morgan fingerprint density at radius 1 is 1.24 bits per heavy atom. The van der Waals surface area contributed by atoms with Crippen molar-refractivity contribution in [3.63, 3.8) is 0 Å². The molecule has 2 aliphatic carbocycles. The minimum absolute atomic E-state index is 0. The van der Waals surface area contributed by atoms with Gasteiger partial charge in [0.1, 0.15) is 11.8 Å². The number of aromatic amines is 1. The number of fused-ring (bicyclic) bond motifs is 2. The number of carbonyl (C=O) groups is 2. The van der Waals surface area contributed by atoms with Crippen molar-refractivity contribution < 1.29 is 19.1 Å². The van der Waals surface area contributed by atoms with E-state index in [1.165, 1.54) is 16.7 Å². The van der Waals surface area contributed by atoms with E-state index in [-0.39, 0.29) is 41.8 Å².